The summed E-state index contributed by atoms with van der Waals surface area (Å²) in [6.07, 6.45) is -0.0876. The maximum Gasteiger partial charge on any atom is 0.264 e. The van der Waals surface area contributed by atoms with Crippen molar-refractivity contribution in [2.75, 3.05) is 18.1 Å². The van der Waals surface area contributed by atoms with Gasteiger partial charge in [-0.25, -0.2) is 4.39 Å². The number of rotatable bonds is 3. The Morgan fingerprint density at radius 3 is 2.77 bits per heavy atom. The number of hydrogen-bond acceptors (Lipinski definition) is 3. The summed E-state index contributed by atoms with van der Waals surface area (Å²) >= 11 is 0. The van der Waals surface area contributed by atoms with Gasteiger partial charge in [0, 0.05) is 17.8 Å². The first-order valence-corrected chi connectivity index (χ1v) is 7.11. The number of hydrogen-bond donors (Lipinski definition) is 1. The van der Waals surface area contributed by atoms with Gasteiger partial charge in [0.2, 0.25) is 0 Å². The van der Waals surface area contributed by atoms with Gasteiger partial charge in [-0.05, 0) is 24.6 Å². The molecule has 1 amide bonds. The highest BCUT2D eigenvalue weighted by Gasteiger charge is 2.27. The molecule has 1 N–H and O–H groups in total. The van der Waals surface area contributed by atoms with Crippen molar-refractivity contribution < 1.29 is 19.0 Å². The largest absolute Gasteiger partial charge is 0.481 e. The Balaban J connectivity index is 1.74. The number of carbonyl (C=O) groups is 1. The number of benzene rings is 2. The third kappa shape index (κ3) is 2.80. The van der Waals surface area contributed by atoms with Crippen molar-refractivity contribution in [3.8, 4) is 5.75 Å². The molecule has 0 aromatic heterocycles. The van der Waals surface area contributed by atoms with Crippen LogP contribution in [0, 0.1) is 5.82 Å². The van der Waals surface area contributed by atoms with Crippen molar-refractivity contribution >= 4 is 11.6 Å². The Bertz CT molecular complexity index is 689. The van der Waals surface area contributed by atoms with E-state index in [0.29, 0.717) is 18.7 Å². The predicted molar refractivity (Wildman–Crippen MR) is 80.3 cm³/mol. The Labute approximate surface area is 127 Å². The summed E-state index contributed by atoms with van der Waals surface area (Å²) in [5, 5.41) is 9.99. The van der Waals surface area contributed by atoms with Crippen molar-refractivity contribution in [1.82, 2.24) is 0 Å². The van der Waals surface area contributed by atoms with Crippen LogP contribution in [0.15, 0.2) is 48.5 Å². The zero-order valence-electron chi connectivity index (χ0n) is 11.9. The first kappa shape index (κ1) is 14.5. The number of halogens is 1. The standard InChI is InChI=1S/C17H16FNO3/c18-13-6-2-4-8-16(13)22-11-17(21)19-10-9-15(20)12-5-1-3-7-14(12)19/h1-8,15,20H,9-11H2. The van der Waals surface area contributed by atoms with Crippen LogP contribution >= 0.6 is 0 Å². The zero-order chi connectivity index (χ0) is 15.5. The molecule has 0 saturated heterocycles. The quantitative estimate of drug-likeness (QED) is 0.948. The summed E-state index contributed by atoms with van der Waals surface area (Å²) in [5.74, 6) is -0.700. The number of carbonyl (C=O) groups excluding carboxylic acids is 1. The third-order valence-electron chi connectivity index (χ3n) is 3.70. The fraction of sp³-hybridized carbons (Fsp3) is 0.235. The molecule has 1 aliphatic rings. The summed E-state index contributed by atoms with van der Waals surface area (Å²) in [4.78, 5) is 13.9. The van der Waals surface area contributed by atoms with Gasteiger partial charge in [-0.15, -0.1) is 0 Å². The van der Waals surface area contributed by atoms with Crippen LogP contribution in [0.5, 0.6) is 5.75 Å². The lowest BCUT2D eigenvalue weighted by Crippen LogP contribution is -2.39. The number of amides is 1. The Hall–Kier alpha value is -2.40. The van der Waals surface area contributed by atoms with Gasteiger partial charge in [0.05, 0.1) is 6.10 Å². The number of nitrogens with zero attached hydrogens (tertiary/aromatic N) is 1. The highest BCUT2D eigenvalue weighted by atomic mass is 19.1. The molecule has 1 atom stereocenters. The van der Waals surface area contributed by atoms with E-state index in [1.165, 1.54) is 12.1 Å². The summed E-state index contributed by atoms with van der Waals surface area (Å²) in [6.45, 7) is 0.170. The average Bonchev–Trinajstić information content (AvgIpc) is 2.54. The summed E-state index contributed by atoms with van der Waals surface area (Å²) < 4.78 is 18.8. The molecule has 0 saturated carbocycles. The van der Waals surface area contributed by atoms with Crippen LogP contribution in [0.2, 0.25) is 0 Å². The smallest absolute Gasteiger partial charge is 0.264 e. The molecule has 2 aromatic carbocycles. The summed E-state index contributed by atoms with van der Waals surface area (Å²) in [5.41, 5.74) is 1.41. The number of fused-ring (bicyclic) bond motifs is 1. The van der Waals surface area contributed by atoms with E-state index in [1.54, 1.807) is 29.2 Å². The maximum atomic E-state index is 13.5. The highest BCUT2D eigenvalue weighted by molar-refractivity contribution is 5.95. The lowest BCUT2D eigenvalue weighted by molar-refractivity contribution is -0.120. The molecular formula is C17H16FNO3. The van der Waals surface area contributed by atoms with Gasteiger partial charge in [-0.2, -0.15) is 0 Å². The molecule has 114 valence electrons. The van der Waals surface area contributed by atoms with Crippen LogP contribution in [0.3, 0.4) is 0 Å². The average molecular weight is 301 g/mol. The SMILES string of the molecule is O=C(COc1ccccc1F)N1CCC(O)c2ccccc21. The second-order valence-electron chi connectivity index (χ2n) is 5.13. The van der Waals surface area contributed by atoms with Gasteiger partial charge < -0.3 is 14.7 Å². The third-order valence-corrected chi connectivity index (χ3v) is 3.70. The molecule has 0 fully saturated rings. The topological polar surface area (TPSA) is 49.8 Å². The van der Waals surface area contributed by atoms with Gasteiger partial charge >= 0.3 is 0 Å². The number of aliphatic hydroxyl groups excluding tert-OH is 1. The molecule has 3 rings (SSSR count). The normalized spacial score (nSPS) is 17.0. The minimum Gasteiger partial charge on any atom is -0.481 e. The molecule has 1 unspecified atom stereocenters. The second kappa shape index (κ2) is 6.15. The minimum atomic E-state index is -0.562. The monoisotopic (exact) mass is 301 g/mol. The summed E-state index contributed by atoms with van der Waals surface area (Å²) in [6, 6.07) is 13.2. The number of anilines is 1. The molecule has 22 heavy (non-hydrogen) atoms. The molecule has 1 heterocycles. The lowest BCUT2D eigenvalue weighted by Gasteiger charge is -2.32. The Morgan fingerprint density at radius 1 is 1.23 bits per heavy atom. The van der Waals surface area contributed by atoms with E-state index >= 15 is 0 Å². The van der Waals surface area contributed by atoms with Crippen LogP contribution in [0.4, 0.5) is 10.1 Å². The lowest BCUT2D eigenvalue weighted by atomic mass is 9.99. The van der Waals surface area contributed by atoms with Crippen LogP contribution in [-0.2, 0) is 4.79 Å². The van der Waals surface area contributed by atoms with Gasteiger partial charge in [0.25, 0.3) is 5.91 Å². The Morgan fingerprint density at radius 2 is 1.95 bits per heavy atom. The van der Waals surface area contributed by atoms with E-state index in [4.69, 9.17) is 4.74 Å². The number of aliphatic hydroxyl groups is 1. The van der Waals surface area contributed by atoms with E-state index in [0.717, 1.165) is 5.56 Å². The first-order chi connectivity index (χ1) is 10.7. The van der Waals surface area contributed by atoms with Crippen molar-refractivity contribution in [2.24, 2.45) is 0 Å². The first-order valence-electron chi connectivity index (χ1n) is 7.11. The van der Waals surface area contributed by atoms with Gasteiger partial charge in [0.1, 0.15) is 0 Å². The van der Waals surface area contributed by atoms with Crippen LogP contribution in [0.1, 0.15) is 18.1 Å². The van der Waals surface area contributed by atoms with E-state index in [-0.39, 0.29) is 18.3 Å². The number of para-hydroxylation sites is 2. The van der Waals surface area contributed by atoms with Crippen LogP contribution < -0.4 is 9.64 Å². The maximum absolute atomic E-state index is 13.5. The van der Waals surface area contributed by atoms with E-state index in [9.17, 15) is 14.3 Å². The molecule has 0 spiro atoms. The van der Waals surface area contributed by atoms with Gasteiger partial charge in [-0.1, -0.05) is 30.3 Å². The fourth-order valence-electron chi connectivity index (χ4n) is 2.58. The van der Waals surface area contributed by atoms with Crippen LogP contribution in [0.25, 0.3) is 0 Å². The molecular weight excluding hydrogens is 285 g/mol. The van der Waals surface area contributed by atoms with Gasteiger partial charge in [0.15, 0.2) is 18.2 Å². The fourth-order valence-corrected chi connectivity index (χ4v) is 2.58. The molecule has 0 aliphatic carbocycles. The zero-order valence-corrected chi connectivity index (χ0v) is 11.9. The molecule has 4 nitrogen and oxygen atoms in total. The van der Waals surface area contributed by atoms with Gasteiger partial charge in [-0.3, -0.25) is 4.79 Å². The molecule has 5 heteroatoms. The van der Waals surface area contributed by atoms with Crippen molar-refractivity contribution in [2.45, 2.75) is 12.5 Å². The molecule has 1 aliphatic heterocycles. The molecule has 2 aromatic rings. The summed E-state index contributed by atoms with van der Waals surface area (Å²) in [7, 11) is 0. The second-order valence-corrected chi connectivity index (χ2v) is 5.13. The Kier molecular flexibility index (Phi) is 4.06. The van der Waals surface area contributed by atoms with E-state index < -0.39 is 11.9 Å². The molecule has 0 radical (unpaired) electrons. The molecule has 0 bridgehead atoms. The highest BCUT2D eigenvalue weighted by Crippen LogP contribution is 2.33. The predicted octanol–water partition coefficient (Wildman–Crippen LogP) is 2.67. The van der Waals surface area contributed by atoms with E-state index in [2.05, 4.69) is 0 Å². The van der Waals surface area contributed by atoms with Crippen molar-refractivity contribution in [1.29, 1.82) is 0 Å². The van der Waals surface area contributed by atoms with Crippen molar-refractivity contribution in [3.63, 3.8) is 0 Å². The van der Waals surface area contributed by atoms with Crippen molar-refractivity contribution in [3.05, 3.63) is 59.9 Å². The van der Waals surface area contributed by atoms with E-state index in [1.807, 2.05) is 12.1 Å². The van der Waals surface area contributed by atoms with Crippen LogP contribution in [-0.4, -0.2) is 24.2 Å². The minimum absolute atomic E-state index is 0.0566. The number of ether oxygens (including phenoxy) is 1.